The van der Waals surface area contributed by atoms with E-state index in [1.54, 1.807) is 66.9 Å². The molecule has 3 heterocycles. The zero-order chi connectivity index (χ0) is 28.7. The van der Waals surface area contributed by atoms with Gasteiger partial charge in [0, 0.05) is 5.56 Å². The molecule has 0 aliphatic carbocycles. The Morgan fingerprint density at radius 3 is 2.27 bits per heavy atom. The van der Waals surface area contributed by atoms with Crippen LogP contribution in [-0.4, -0.2) is 54.5 Å². The lowest BCUT2D eigenvalue weighted by Gasteiger charge is -2.33. The number of nitrogens with zero attached hydrogens (tertiary/aromatic N) is 3. The number of unbranched alkanes of at least 4 members (excludes halogenated alkanes) is 1. The first-order valence-electron chi connectivity index (χ1n) is 13.7. The molecular weight excluding hydrogens is 522 g/mol. The molecule has 9 nitrogen and oxygen atoms in total. The number of esters is 1. The number of hydrogen-bond donors (Lipinski definition) is 0. The minimum atomic E-state index is -0.975. The van der Waals surface area contributed by atoms with E-state index < -0.39 is 41.7 Å². The second-order valence-corrected chi connectivity index (χ2v) is 10.3. The Kier molecular flexibility index (Phi) is 6.86. The molecule has 2 amide bonds. The third-order valence-electron chi connectivity index (χ3n) is 8.03. The molecule has 4 atom stereocenters. The van der Waals surface area contributed by atoms with Crippen LogP contribution in [0.2, 0.25) is 0 Å². The summed E-state index contributed by atoms with van der Waals surface area (Å²) in [4.78, 5) is 55.6. The van der Waals surface area contributed by atoms with Crippen molar-refractivity contribution in [1.82, 2.24) is 5.01 Å². The lowest BCUT2D eigenvalue weighted by atomic mass is 9.83. The fourth-order valence-corrected chi connectivity index (χ4v) is 5.99. The topological polar surface area (TPSA) is 106 Å². The lowest BCUT2D eigenvalue weighted by molar-refractivity contribution is -0.124. The second kappa shape index (κ2) is 10.6. The fraction of sp³-hybridized carbons (Fsp3) is 0.281. The summed E-state index contributed by atoms with van der Waals surface area (Å²) >= 11 is 0. The number of Topliss-reactive ketones (excluding diaryl/α,β-unsaturated/α-hetero) is 1. The van der Waals surface area contributed by atoms with Crippen molar-refractivity contribution in [1.29, 1.82) is 0 Å². The van der Waals surface area contributed by atoms with Gasteiger partial charge in [-0.25, -0.2) is 9.69 Å². The highest BCUT2D eigenvalue weighted by atomic mass is 16.5. The first-order chi connectivity index (χ1) is 19.9. The molecule has 0 bridgehead atoms. The van der Waals surface area contributed by atoms with Crippen LogP contribution in [0.25, 0.3) is 0 Å². The molecule has 0 unspecified atom stereocenters. The number of imide groups is 1. The molecule has 2 saturated heterocycles. The number of benzene rings is 3. The molecule has 2 fully saturated rings. The quantitative estimate of drug-likeness (QED) is 0.177. The van der Waals surface area contributed by atoms with Gasteiger partial charge in [0.1, 0.15) is 11.8 Å². The number of amides is 2. The number of anilines is 1. The zero-order valence-electron chi connectivity index (χ0n) is 22.7. The Labute approximate surface area is 237 Å². The van der Waals surface area contributed by atoms with Gasteiger partial charge in [-0.2, -0.15) is 5.10 Å². The van der Waals surface area contributed by atoms with Gasteiger partial charge in [-0.05, 0) is 66.1 Å². The Balaban J connectivity index is 1.36. The van der Waals surface area contributed by atoms with Crippen LogP contribution < -0.4 is 9.64 Å². The third-order valence-corrected chi connectivity index (χ3v) is 8.03. The molecule has 0 saturated carbocycles. The van der Waals surface area contributed by atoms with Crippen molar-refractivity contribution in [2.75, 3.05) is 18.6 Å². The maximum absolute atomic E-state index is 14.1. The molecule has 0 aromatic heterocycles. The molecule has 0 spiro atoms. The number of methoxy groups -OCH3 is 1. The van der Waals surface area contributed by atoms with Crippen molar-refractivity contribution in [2.24, 2.45) is 16.9 Å². The van der Waals surface area contributed by atoms with E-state index in [4.69, 9.17) is 9.47 Å². The van der Waals surface area contributed by atoms with Crippen LogP contribution in [0.3, 0.4) is 0 Å². The number of ketones is 1. The van der Waals surface area contributed by atoms with Gasteiger partial charge < -0.3 is 9.47 Å². The van der Waals surface area contributed by atoms with Gasteiger partial charge >= 0.3 is 5.97 Å². The van der Waals surface area contributed by atoms with Gasteiger partial charge in [-0.1, -0.05) is 37.6 Å². The molecular formula is C32H29N3O6. The van der Waals surface area contributed by atoms with E-state index >= 15 is 0 Å². The highest BCUT2D eigenvalue weighted by Gasteiger charge is 2.65. The molecule has 0 radical (unpaired) electrons. The van der Waals surface area contributed by atoms with Gasteiger partial charge in [0.25, 0.3) is 0 Å². The van der Waals surface area contributed by atoms with Crippen LogP contribution in [0.5, 0.6) is 5.75 Å². The predicted octanol–water partition coefficient (Wildman–Crippen LogP) is 4.41. The highest BCUT2D eigenvalue weighted by Crippen LogP contribution is 2.53. The van der Waals surface area contributed by atoms with E-state index in [2.05, 4.69) is 5.10 Å². The van der Waals surface area contributed by atoms with E-state index in [0.717, 1.165) is 28.9 Å². The largest absolute Gasteiger partial charge is 0.497 e. The first-order valence-corrected chi connectivity index (χ1v) is 13.7. The van der Waals surface area contributed by atoms with Crippen molar-refractivity contribution in [3.8, 4) is 5.75 Å². The highest BCUT2D eigenvalue weighted by molar-refractivity contribution is 6.24. The predicted molar refractivity (Wildman–Crippen MR) is 151 cm³/mol. The van der Waals surface area contributed by atoms with Crippen LogP contribution in [0.15, 0.2) is 77.9 Å². The molecule has 9 heteroatoms. The van der Waals surface area contributed by atoms with Crippen LogP contribution in [0, 0.1) is 11.8 Å². The van der Waals surface area contributed by atoms with Crippen LogP contribution >= 0.6 is 0 Å². The number of carbonyl (C=O) groups is 4. The average molecular weight is 552 g/mol. The minimum absolute atomic E-state index is 0.296. The summed E-state index contributed by atoms with van der Waals surface area (Å²) in [7, 11) is 1.54. The van der Waals surface area contributed by atoms with Gasteiger partial charge in [0.15, 0.2) is 5.78 Å². The summed E-state index contributed by atoms with van der Waals surface area (Å²) < 4.78 is 10.5. The van der Waals surface area contributed by atoms with Crippen LogP contribution in [0.1, 0.15) is 57.7 Å². The molecule has 6 rings (SSSR count). The van der Waals surface area contributed by atoms with E-state index in [1.165, 1.54) is 0 Å². The maximum Gasteiger partial charge on any atom is 0.338 e. The number of rotatable bonds is 8. The van der Waals surface area contributed by atoms with Crippen molar-refractivity contribution >= 4 is 35.5 Å². The first kappa shape index (κ1) is 26.4. The van der Waals surface area contributed by atoms with Gasteiger partial charge in [0.2, 0.25) is 11.8 Å². The van der Waals surface area contributed by atoms with Crippen molar-refractivity contribution in [2.45, 2.75) is 31.8 Å². The summed E-state index contributed by atoms with van der Waals surface area (Å²) in [6.45, 7) is 2.34. The average Bonchev–Trinajstić information content (AvgIpc) is 3.49. The standard InChI is InChI=1S/C32H29N3O6/c1-3-4-17-41-32(39)20-9-13-22(14-10-20)34-30(37)25-26(31(34)38)28(29(36)19-11-15-23(40-2)16-12-19)35-27(25)24-8-6-5-7-21(24)18-33-35/h5-16,18,25-28H,3-4,17H2,1-2H3/t25-,26+,27-,28-/m1/s1. The van der Waals surface area contributed by atoms with Crippen LogP contribution in [-0.2, 0) is 14.3 Å². The Morgan fingerprint density at radius 2 is 1.56 bits per heavy atom. The van der Waals surface area contributed by atoms with E-state index in [-0.39, 0.29) is 5.78 Å². The smallest absolute Gasteiger partial charge is 0.338 e. The van der Waals surface area contributed by atoms with Crippen molar-refractivity contribution in [3.63, 3.8) is 0 Å². The van der Waals surface area contributed by atoms with E-state index in [9.17, 15) is 19.2 Å². The number of hydrogen-bond acceptors (Lipinski definition) is 8. The zero-order valence-corrected chi connectivity index (χ0v) is 22.7. The lowest BCUT2D eigenvalue weighted by Crippen LogP contribution is -2.44. The number of fused-ring (bicyclic) bond motifs is 5. The summed E-state index contributed by atoms with van der Waals surface area (Å²) in [6.07, 6.45) is 3.35. The molecule has 3 aliphatic heterocycles. The summed E-state index contributed by atoms with van der Waals surface area (Å²) in [5, 5.41) is 6.23. The second-order valence-electron chi connectivity index (χ2n) is 10.3. The van der Waals surface area contributed by atoms with E-state index in [1.807, 2.05) is 31.2 Å². The van der Waals surface area contributed by atoms with Gasteiger partial charge in [-0.3, -0.25) is 19.4 Å². The maximum atomic E-state index is 14.1. The van der Waals surface area contributed by atoms with Crippen molar-refractivity contribution < 1.29 is 28.7 Å². The summed E-state index contributed by atoms with van der Waals surface area (Å²) in [6, 6.07) is 18.9. The number of carbonyl (C=O) groups excluding carboxylic acids is 4. The van der Waals surface area contributed by atoms with Gasteiger partial charge in [-0.15, -0.1) is 0 Å². The molecule has 3 aromatic rings. The van der Waals surface area contributed by atoms with Crippen molar-refractivity contribution in [3.05, 3.63) is 95.1 Å². The van der Waals surface area contributed by atoms with E-state index in [0.29, 0.717) is 29.2 Å². The molecule has 41 heavy (non-hydrogen) atoms. The fourth-order valence-electron chi connectivity index (χ4n) is 5.99. The Morgan fingerprint density at radius 1 is 0.878 bits per heavy atom. The molecule has 3 aromatic carbocycles. The molecule has 0 N–H and O–H groups in total. The van der Waals surface area contributed by atoms with Gasteiger partial charge in [0.05, 0.1) is 49.1 Å². The monoisotopic (exact) mass is 551 g/mol. The molecule has 208 valence electrons. The Bertz CT molecular complexity index is 1550. The summed E-state index contributed by atoms with van der Waals surface area (Å²) in [5.41, 5.74) is 2.76. The SMILES string of the molecule is CCCCOC(=O)c1ccc(N2C(=O)[C@@H]3[C@H](C2=O)[C@H](C(=O)c2ccc(OC)cc2)N2N=Cc4ccccc4[C@H]32)cc1. The minimum Gasteiger partial charge on any atom is -0.497 e. The number of ether oxygens (including phenoxy) is 2. The summed E-state index contributed by atoms with van der Waals surface area (Å²) in [5.74, 6) is -2.77. The number of hydrazone groups is 1. The Hall–Kier alpha value is -4.79. The normalized spacial score (nSPS) is 22.3. The molecule has 3 aliphatic rings. The van der Waals surface area contributed by atoms with Crippen LogP contribution in [0.4, 0.5) is 5.69 Å². The third kappa shape index (κ3) is 4.38.